The lowest BCUT2D eigenvalue weighted by molar-refractivity contribution is -0.140. The predicted octanol–water partition coefficient (Wildman–Crippen LogP) is 1.48. The van der Waals surface area contributed by atoms with E-state index in [0.717, 1.165) is 0 Å². The standard InChI is InChI=1S/C10H12O4.C8H15NO5/c1-12-8-5-10(14-3)9(13-2)4-7(8)6-11;1-8(2,3)14-7(13)9-5(4-10)6(11)12/h4-6H,1-3H3;5,10H,4H2,1-3H3,(H,9,13)(H,11,12)/t;5-/m.1/s1. The van der Waals surface area contributed by atoms with E-state index in [1.165, 1.54) is 21.3 Å². The van der Waals surface area contributed by atoms with Gasteiger partial charge in [-0.3, -0.25) is 4.79 Å². The molecular weight excluding hydrogens is 374 g/mol. The second-order valence-corrected chi connectivity index (χ2v) is 6.29. The van der Waals surface area contributed by atoms with Gasteiger partial charge < -0.3 is 34.5 Å². The Morgan fingerprint density at radius 2 is 1.57 bits per heavy atom. The summed E-state index contributed by atoms with van der Waals surface area (Å²) in [4.78, 5) is 32.1. The number of rotatable bonds is 7. The van der Waals surface area contributed by atoms with Gasteiger partial charge in [-0.15, -0.1) is 0 Å². The van der Waals surface area contributed by atoms with E-state index in [-0.39, 0.29) is 0 Å². The summed E-state index contributed by atoms with van der Waals surface area (Å²) >= 11 is 0. The van der Waals surface area contributed by atoms with Gasteiger partial charge in [-0.05, 0) is 26.8 Å². The van der Waals surface area contributed by atoms with Gasteiger partial charge in [0.25, 0.3) is 0 Å². The average Bonchev–Trinajstić information content (AvgIpc) is 2.63. The van der Waals surface area contributed by atoms with Crippen molar-refractivity contribution in [3.8, 4) is 17.2 Å². The molecule has 3 N–H and O–H groups in total. The molecule has 0 saturated carbocycles. The Morgan fingerprint density at radius 3 is 1.93 bits per heavy atom. The third-order valence-corrected chi connectivity index (χ3v) is 3.03. The number of carboxylic acids is 1. The summed E-state index contributed by atoms with van der Waals surface area (Å²) in [6, 6.07) is 1.86. The first kappa shape index (κ1) is 25.0. The smallest absolute Gasteiger partial charge is 0.408 e. The topological polar surface area (TPSA) is 141 Å². The molecule has 0 aromatic heterocycles. The predicted molar refractivity (Wildman–Crippen MR) is 99.4 cm³/mol. The largest absolute Gasteiger partial charge is 0.496 e. The van der Waals surface area contributed by atoms with E-state index in [0.29, 0.717) is 29.1 Å². The van der Waals surface area contributed by atoms with Crippen LogP contribution in [0.15, 0.2) is 12.1 Å². The highest BCUT2D eigenvalue weighted by molar-refractivity contribution is 5.81. The Hall–Kier alpha value is -3.01. The third-order valence-electron chi connectivity index (χ3n) is 3.03. The molecule has 0 radical (unpaired) electrons. The van der Waals surface area contributed by atoms with E-state index < -0.39 is 30.3 Å². The number of aliphatic hydroxyl groups is 1. The number of carbonyl (C=O) groups is 3. The summed E-state index contributed by atoms with van der Waals surface area (Å²) in [6.45, 7) is 4.29. The van der Waals surface area contributed by atoms with E-state index >= 15 is 0 Å². The number of aldehydes is 1. The molecule has 0 aliphatic rings. The van der Waals surface area contributed by atoms with Crippen molar-refractivity contribution >= 4 is 18.3 Å². The van der Waals surface area contributed by atoms with Gasteiger partial charge in [0.1, 0.15) is 11.4 Å². The first-order valence-electron chi connectivity index (χ1n) is 8.11. The van der Waals surface area contributed by atoms with Crippen LogP contribution in [0, 0.1) is 0 Å². The van der Waals surface area contributed by atoms with Crippen molar-refractivity contribution in [3.63, 3.8) is 0 Å². The molecule has 1 aromatic rings. The number of aliphatic hydroxyl groups excluding tert-OH is 1. The van der Waals surface area contributed by atoms with Gasteiger partial charge in [-0.1, -0.05) is 0 Å². The molecule has 10 nitrogen and oxygen atoms in total. The summed E-state index contributed by atoms with van der Waals surface area (Å²) < 4.78 is 19.9. The average molecular weight is 401 g/mol. The number of carboxylic acid groups (broad SMARTS) is 1. The van der Waals surface area contributed by atoms with Crippen molar-refractivity contribution < 1.29 is 43.5 Å². The Labute approximate surface area is 163 Å². The zero-order chi connectivity index (χ0) is 21.9. The molecular formula is C18H27NO9. The molecule has 0 fully saturated rings. The Balaban J connectivity index is 0.000000521. The van der Waals surface area contributed by atoms with Crippen LogP contribution in [0.1, 0.15) is 31.1 Å². The van der Waals surface area contributed by atoms with Crippen LogP contribution in [0.25, 0.3) is 0 Å². The van der Waals surface area contributed by atoms with E-state index in [1.54, 1.807) is 32.9 Å². The summed E-state index contributed by atoms with van der Waals surface area (Å²) in [5, 5.41) is 19.1. The molecule has 10 heteroatoms. The van der Waals surface area contributed by atoms with Crippen molar-refractivity contribution in [2.45, 2.75) is 32.4 Å². The minimum absolute atomic E-state index is 0.435. The molecule has 0 bridgehead atoms. The van der Waals surface area contributed by atoms with Crippen LogP contribution in [-0.2, 0) is 9.53 Å². The molecule has 0 unspecified atom stereocenters. The van der Waals surface area contributed by atoms with E-state index in [9.17, 15) is 14.4 Å². The third kappa shape index (κ3) is 8.58. The molecule has 1 atom stereocenters. The van der Waals surface area contributed by atoms with Gasteiger partial charge >= 0.3 is 12.1 Å². The fourth-order valence-electron chi connectivity index (χ4n) is 1.78. The van der Waals surface area contributed by atoms with Crippen LogP contribution < -0.4 is 19.5 Å². The molecule has 1 rings (SSSR count). The van der Waals surface area contributed by atoms with Crippen LogP contribution in [0.5, 0.6) is 17.2 Å². The van der Waals surface area contributed by atoms with Gasteiger partial charge in [-0.2, -0.15) is 0 Å². The second kappa shape index (κ2) is 11.7. The molecule has 0 saturated heterocycles. The maximum absolute atomic E-state index is 11.0. The zero-order valence-electron chi connectivity index (χ0n) is 16.8. The molecule has 1 aromatic carbocycles. The van der Waals surface area contributed by atoms with Crippen LogP contribution in [0.2, 0.25) is 0 Å². The normalized spacial score (nSPS) is 11.2. The van der Waals surface area contributed by atoms with Crippen molar-refractivity contribution in [1.82, 2.24) is 5.32 Å². The van der Waals surface area contributed by atoms with Gasteiger partial charge in [0, 0.05) is 6.07 Å². The van der Waals surface area contributed by atoms with Crippen LogP contribution in [0.4, 0.5) is 4.79 Å². The van der Waals surface area contributed by atoms with E-state index in [1.807, 2.05) is 5.32 Å². The molecule has 0 spiro atoms. The maximum atomic E-state index is 11.0. The summed E-state index contributed by atoms with van der Waals surface area (Å²) in [5.74, 6) is 0.210. The van der Waals surface area contributed by atoms with Crippen LogP contribution in [0.3, 0.4) is 0 Å². The fourth-order valence-corrected chi connectivity index (χ4v) is 1.78. The first-order chi connectivity index (χ1) is 13.0. The van der Waals surface area contributed by atoms with Gasteiger partial charge in [0.15, 0.2) is 23.8 Å². The molecule has 0 aliphatic heterocycles. The number of ether oxygens (including phenoxy) is 4. The highest BCUT2D eigenvalue weighted by atomic mass is 16.6. The van der Waals surface area contributed by atoms with Crippen molar-refractivity contribution in [3.05, 3.63) is 17.7 Å². The van der Waals surface area contributed by atoms with Crippen LogP contribution >= 0.6 is 0 Å². The maximum Gasteiger partial charge on any atom is 0.408 e. The van der Waals surface area contributed by atoms with Crippen molar-refractivity contribution in [2.75, 3.05) is 27.9 Å². The lowest BCUT2D eigenvalue weighted by Gasteiger charge is -2.21. The summed E-state index contributed by atoms with van der Waals surface area (Å²) in [5.41, 5.74) is -0.257. The number of benzene rings is 1. The highest BCUT2D eigenvalue weighted by Crippen LogP contribution is 2.33. The monoisotopic (exact) mass is 401 g/mol. The minimum atomic E-state index is -1.33. The van der Waals surface area contributed by atoms with E-state index in [2.05, 4.69) is 0 Å². The van der Waals surface area contributed by atoms with E-state index in [4.69, 9.17) is 29.2 Å². The number of nitrogens with one attached hydrogen (secondary N) is 1. The molecule has 1 amide bonds. The number of carbonyl (C=O) groups excluding carboxylic acids is 2. The molecule has 158 valence electrons. The quantitative estimate of drug-likeness (QED) is 0.579. The lowest BCUT2D eigenvalue weighted by atomic mass is 10.2. The van der Waals surface area contributed by atoms with Crippen LogP contribution in [-0.4, -0.2) is 68.1 Å². The molecule has 0 aliphatic carbocycles. The number of hydrogen-bond acceptors (Lipinski definition) is 8. The zero-order valence-corrected chi connectivity index (χ0v) is 16.8. The lowest BCUT2D eigenvalue weighted by Crippen LogP contribution is -2.45. The molecule has 0 heterocycles. The number of hydrogen-bond donors (Lipinski definition) is 3. The fraction of sp³-hybridized carbons (Fsp3) is 0.500. The summed E-state index contributed by atoms with van der Waals surface area (Å²) in [7, 11) is 4.53. The minimum Gasteiger partial charge on any atom is -0.496 e. The Morgan fingerprint density at radius 1 is 1.07 bits per heavy atom. The second-order valence-electron chi connectivity index (χ2n) is 6.29. The summed E-state index contributed by atoms with van der Waals surface area (Å²) in [6.07, 6.45) is -0.153. The number of aliphatic carboxylic acids is 1. The van der Waals surface area contributed by atoms with Crippen molar-refractivity contribution in [1.29, 1.82) is 0 Å². The van der Waals surface area contributed by atoms with Crippen molar-refractivity contribution in [2.24, 2.45) is 0 Å². The first-order valence-corrected chi connectivity index (χ1v) is 8.11. The van der Waals surface area contributed by atoms with Gasteiger partial charge in [0.05, 0.1) is 33.5 Å². The Bertz CT molecular complexity index is 668. The van der Waals surface area contributed by atoms with Gasteiger partial charge in [-0.25, -0.2) is 9.59 Å². The van der Waals surface area contributed by atoms with Gasteiger partial charge in [0.2, 0.25) is 0 Å². The Kier molecular flexibility index (Phi) is 10.4. The molecule has 28 heavy (non-hydrogen) atoms. The number of amides is 1. The number of alkyl carbamates (subject to hydrolysis) is 1. The number of methoxy groups -OCH3 is 3. The highest BCUT2D eigenvalue weighted by Gasteiger charge is 2.22. The SMILES string of the molecule is CC(C)(C)OC(=O)N[C@H](CO)C(=O)O.COc1cc(OC)c(OC)cc1C=O.